The van der Waals surface area contributed by atoms with Crippen LogP contribution in [0.4, 0.5) is 0 Å². The molecule has 1 aliphatic carbocycles. The minimum atomic E-state index is -3.60. The highest BCUT2D eigenvalue weighted by Crippen LogP contribution is 2.31. The van der Waals surface area contributed by atoms with E-state index in [-0.39, 0.29) is 12.4 Å². The standard InChI is InChI=1S/C15H28N4O2S.ClH/c1-11(2)9-19-13(4)14(12(3)17-19)22(20,21)18-15(10-16)7-5-6-8-15;/h11,18H,5-10,16H2,1-4H3;1H. The lowest BCUT2D eigenvalue weighted by Gasteiger charge is -2.28. The average molecular weight is 365 g/mol. The van der Waals surface area contributed by atoms with Gasteiger partial charge < -0.3 is 5.73 Å². The smallest absolute Gasteiger partial charge is 0.244 e. The van der Waals surface area contributed by atoms with Crippen molar-refractivity contribution in [3.05, 3.63) is 11.4 Å². The van der Waals surface area contributed by atoms with Crippen LogP contribution in [0.3, 0.4) is 0 Å². The molecule has 0 atom stereocenters. The number of aromatic nitrogens is 2. The zero-order valence-electron chi connectivity index (χ0n) is 14.4. The largest absolute Gasteiger partial charge is 0.329 e. The molecule has 2 rings (SSSR count). The topological polar surface area (TPSA) is 90.0 Å². The molecule has 0 amide bonds. The van der Waals surface area contributed by atoms with E-state index in [9.17, 15) is 8.42 Å². The fraction of sp³-hybridized carbons (Fsp3) is 0.800. The van der Waals surface area contributed by atoms with Crippen LogP contribution in [-0.4, -0.2) is 30.3 Å². The Bertz CT molecular complexity index is 634. The zero-order valence-corrected chi connectivity index (χ0v) is 16.1. The summed E-state index contributed by atoms with van der Waals surface area (Å²) in [4.78, 5) is 0.313. The molecule has 8 heteroatoms. The molecule has 23 heavy (non-hydrogen) atoms. The van der Waals surface area contributed by atoms with E-state index in [1.54, 1.807) is 11.6 Å². The number of nitrogens with two attached hydrogens (primary N) is 1. The molecule has 0 unspecified atom stereocenters. The molecule has 1 fully saturated rings. The monoisotopic (exact) mass is 364 g/mol. The van der Waals surface area contributed by atoms with Gasteiger partial charge in [0.15, 0.2) is 0 Å². The van der Waals surface area contributed by atoms with E-state index in [2.05, 4.69) is 23.7 Å². The molecule has 134 valence electrons. The lowest BCUT2D eigenvalue weighted by atomic mass is 10.0. The van der Waals surface area contributed by atoms with Crippen LogP contribution in [-0.2, 0) is 16.6 Å². The van der Waals surface area contributed by atoms with Gasteiger partial charge in [-0.2, -0.15) is 5.10 Å². The van der Waals surface area contributed by atoms with Gasteiger partial charge in [-0.3, -0.25) is 4.68 Å². The number of sulfonamides is 1. The first-order chi connectivity index (χ1) is 10.2. The molecule has 1 saturated carbocycles. The van der Waals surface area contributed by atoms with E-state index < -0.39 is 15.6 Å². The summed E-state index contributed by atoms with van der Waals surface area (Å²) in [5.41, 5.74) is 6.61. The van der Waals surface area contributed by atoms with Crippen LogP contribution in [0.2, 0.25) is 0 Å². The fourth-order valence-electron chi connectivity index (χ4n) is 3.33. The molecule has 1 aromatic heterocycles. The second-order valence-corrected chi connectivity index (χ2v) is 8.49. The van der Waals surface area contributed by atoms with Gasteiger partial charge in [-0.05, 0) is 32.6 Å². The van der Waals surface area contributed by atoms with Crippen LogP contribution in [0, 0.1) is 19.8 Å². The third kappa shape index (κ3) is 4.26. The van der Waals surface area contributed by atoms with Gasteiger partial charge in [-0.1, -0.05) is 26.7 Å². The Hall–Kier alpha value is -0.630. The summed E-state index contributed by atoms with van der Waals surface area (Å²) >= 11 is 0. The van der Waals surface area contributed by atoms with E-state index in [1.807, 2.05) is 6.92 Å². The van der Waals surface area contributed by atoms with Crippen LogP contribution in [0.5, 0.6) is 0 Å². The second kappa shape index (κ2) is 7.51. The molecule has 3 N–H and O–H groups in total. The average Bonchev–Trinajstić information content (AvgIpc) is 2.95. The van der Waals surface area contributed by atoms with Gasteiger partial charge in [-0.25, -0.2) is 13.1 Å². The maximum atomic E-state index is 12.9. The van der Waals surface area contributed by atoms with Gasteiger partial charge in [-0.15, -0.1) is 12.4 Å². The van der Waals surface area contributed by atoms with E-state index >= 15 is 0 Å². The van der Waals surface area contributed by atoms with Crippen molar-refractivity contribution in [3.8, 4) is 0 Å². The second-order valence-electron chi connectivity index (χ2n) is 6.87. The number of halogens is 1. The van der Waals surface area contributed by atoms with Crippen LogP contribution in [0.25, 0.3) is 0 Å². The van der Waals surface area contributed by atoms with E-state index in [4.69, 9.17) is 5.73 Å². The van der Waals surface area contributed by atoms with Crippen molar-refractivity contribution in [2.45, 2.75) is 70.4 Å². The van der Waals surface area contributed by atoms with Crippen molar-refractivity contribution < 1.29 is 8.42 Å². The Morgan fingerprint density at radius 1 is 1.30 bits per heavy atom. The Morgan fingerprint density at radius 2 is 1.87 bits per heavy atom. The highest BCUT2D eigenvalue weighted by Gasteiger charge is 2.38. The Kier molecular flexibility index (Phi) is 6.66. The first-order valence-electron chi connectivity index (χ1n) is 7.99. The van der Waals surface area contributed by atoms with Crippen molar-refractivity contribution in [2.75, 3.05) is 6.54 Å². The van der Waals surface area contributed by atoms with Gasteiger partial charge in [0.2, 0.25) is 10.0 Å². The first kappa shape index (κ1) is 20.4. The summed E-state index contributed by atoms with van der Waals surface area (Å²) < 4.78 is 30.4. The van der Waals surface area contributed by atoms with E-state index in [0.29, 0.717) is 35.3 Å². The third-order valence-corrected chi connectivity index (χ3v) is 6.25. The van der Waals surface area contributed by atoms with Crippen LogP contribution < -0.4 is 10.5 Å². The van der Waals surface area contributed by atoms with Gasteiger partial charge in [0, 0.05) is 18.6 Å². The summed E-state index contributed by atoms with van der Waals surface area (Å²) in [5, 5.41) is 4.41. The minimum absolute atomic E-state index is 0. The highest BCUT2D eigenvalue weighted by molar-refractivity contribution is 7.89. The first-order valence-corrected chi connectivity index (χ1v) is 9.47. The van der Waals surface area contributed by atoms with Crippen molar-refractivity contribution in [1.82, 2.24) is 14.5 Å². The molecule has 1 heterocycles. The zero-order chi connectivity index (χ0) is 16.5. The molecule has 0 aromatic carbocycles. The predicted molar refractivity (Wildman–Crippen MR) is 94.4 cm³/mol. The van der Waals surface area contributed by atoms with E-state index in [1.165, 1.54) is 0 Å². The quantitative estimate of drug-likeness (QED) is 0.809. The molecule has 1 aromatic rings. The third-order valence-electron chi connectivity index (χ3n) is 4.42. The fourth-order valence-corrected chi connectivity index (χ4v) is 5.21. The summed E-state index contributed by atoms with van der Waals surface area (Å²) in [6, 6.07) is 0. The summed E-state index contributed by atoms with van der Waals surface area (Å²) in [6.07, 6.45) is 3.65. The van der Waals surface area contributed by atoms with Gasteiger partial charge in [0.1, 0.15) is 4.90 Å². The van der Waals surface area contributed by atoms with Crippen molar-refractivity contribution in [1.29, 1.82) is 0 Å². The summed E-state index contributed by atoms with van der Waals surface area (Å²) in [7, 11) is -3.60. The van der Waals surface area contributed by atoms with Crippen LogP contribution >= 0.6 is 12.4 Å². The highest BCUT2D eigenvalue weighted by atomic mass is 35.5. The maximum absolute atomic E-state index is 12.9. The number of nitrogens with one attached hydrogen (secondary N) is 1. The van der Waals surface area contributed by atoms with Crippen molar-refractivity contribution >= 4 is 22.4 Å². The molecule has 1 aliphatic rings. The van der Waals surface area contributed by atoms with E-state index in [0.717, 1.165) is 25.7 Å². The van der Waals surface area contributed by atoms with Gasteiger partial charge >= 0.3 is 0 Å². The lowest BCUT2D eigenvalue weighted by molar-refractivity contribution is 0.399. The SMILES string of the molecule is Cc1nn(CC(C)C)c(C)c1S(=O)(=O)NC1(CN)CCCC1.Cl. The normalized spacial score (nSPS) is 17.5. The summed E-state index contributed by atoms with van der Waals surface area (Å²) in [6.45, 7) is 8.80. The molecule has 0 spiro atoms. The predicted octanol–water partition coefficient (Wildman–Crippen LogP) is 2.13. The Labute approximate surface area is 145 Å². The van der Waals surface area contributed by atoms with Crippen LogP contribution in [0.1, 0.15) is 50.9 Å². The van der Waals surface area contributed by atoms with Crippen molar-refractivity contribution in [3.63, 3.8) is 0 Å². The number of nitrogens with zero attached hydrogens (tertiary/aromatic N) is 2. The molecular weight excluding hydrogens is 336 g/mol. The van der Waals surface area contributed by atoms with Gasteiger partial charge in [0.05, 0.1) is 11.4 Å². The lowest BCUT2D eigenvalue weighted by Crippen LogP contribution is -2.51. The molecular formula is C15H29ClN4O2S. The van der Waals surface area contributed by atoms with Crippen molar-refractivity contribution in [2.24, 2.45) is 11.7 Å². The Morgan fingerprint density at radius 3 is 2.35 bits per heavy atom. The number of aryl methyl sites for hydroxylation is 1. The molecule has 0 bridgehead atoms. The number of hydrogen-bond donors (Lipinski definition) is 2. The molecule has 0 saturated heterocycles. The molecule has 0 aliphatic heterocycles. The number of hydrogen-bond acceptors (Lipinski definition) is 4. The molecule has 6 nitrogen and oxygen atoms in total. The minimum Gasteiger partial charge on any atom is -0.329 e. The number of rotatable bonds is 6. The Balaban J connectivity index is 0.00000264. The summed E-state index contributed by atoms with van der Waals surface area (Å²) in [5.74, 6) is 0.409. The van der Waals surface area contributed by atoms with Crippen LogP contribution in [0.15, 0.2) is 4.90 Å². The van der Waals surface area contributed by atoms with Gasteiger partial charge in [0.25, 0.3) is 0 Å². The maximum Gasteiger partial charge on any atom is 0.244 e. The molecule has 0 radical (unpaired) electrons.